The number of alkyl halides is 2. The number of esters is 1. The van der Waals surface area contributed by atoms with Gasteiger partial charge in [-0.25, -0.2) is 18.4 Å². The lowest BCUT2D eigenvalue weighted by Gasteiger charge is -2.35. The molecule has 2 bridgehead atoms. The third kappa shape index (κ3) is 2.64. The number of hydrogen-bond donors (Lipinski definition) is 0. The van der Waals surface area contributed by atoms with Gasteiger partial charge in [0.25, 0.3) is 0 Å². The fraction of sp³-hybridized carbons (Fsp3) is 0.500. The molecule has 1 aliphatic heterocycles. The van der Waals surface area contributed by atoms with Gasteiger partial charge < -0.3 is 9.47 Å². The second-order valence-electron chi connectivity index (χ2n) is 5.77. The third-order valence-electron chi connectivity index (χ3n) is 4.52. The number of ether oxygens (including phenoxy) is 2. The highest BCUT2D eigenvalue weighted by Crippen LogP contribution is 2.46. The molecule has 0 aromatic heterocycles. The highest BCUT2D eigenvalue weighted by Gasteiger charge is 2.63. The number of piperidine rings is 1. The standard InChI is InChI=1S/C16H17F2NO4/c1-22-15(20)14-10-7-11(13(18)12(10)17)19(14)16(21)23-8-9-5-3-2-4-6-9/h2-6,10-14H,7-8H2,1H3/t10-,11-,12-,13+,14+/m1/s1. The number of rotatable bonds is 3. The fourth-order valence-electron chi connectivity index (χ4n) is 3.42. The molecule has 1 aromatic carbocycles. The number of amides is 1. The molecule has 5 nitrogen and oxygen atoms in total. The van der Waals surface area contributed by atoms with Gasteiger partial charge in [0.05, 0.1) is 13.2 Å². The van der Waals surface area contributed by atoms with Gasteiger partial charge in [0.15, 0.2) is 6.17 Å². The Hall–Kier alpha value is -2.18. The lowest BCUT2D eigenvalue weighted by Crippen LogP contribution is -2.56. The lowest BCUT2D eigenvalue weighted by atomic mass is 9.96. The zero-order valence-electron chi connectivity index (χ0n) is 12.5. The van der Waals surface area contributed by atoms with Crippen LogP contribution in [0.5, 0.6) is 0 Å². The van der Waals surface area contributed by atoms with Gasteiger partial charge in [-0.1, -0.05) is 30.3 Å². The van der Waals surface area contributed by atoms with E-state index in [1.54, 1.807) is 24.3 Å². The molecule has 1 heterocycles. The molecule has 3 rings (SSSR count). The van der Waals surface area contributed by atoms with Crippen LogP contribution in [0.15, 0.2) is 30.3 Å². The lowest BCUT2D eigenvalue weighted by molar-refractivity contribution is -0.150. The first kappa shape index (κ1) is 15.7. The SMILES string of the molecule is COC(=O)[C@@H]1[C@@H]2C[C@H]([C@H](F)[C@@H]2F)N1C(=O)OCc1ccccc1. The van der Waals surface area contributed by atoms with Crippen molar-refractivity contribution in [2.75, 3.05) is 7.11 Å². The molecular weight excluding hydrogens is 308 g/mol. The Morgan fingerprint density at radius 1 is 1.22 bits per heavy atom. The summed E-state index contributed by atoms with van der Waals surface area (Å²) >= 11 is 0. The van der Waals surface area contributed by atoms with Crippen molar-refractivity contribution in [3.05, 3.63) is 35.9 Å². The molecule has 23 heavy (non-hydrogen) atoms. The minimum Gasteiger partial charge on any atom is -0.467 e. The van der Waals surface area contributed by atoms with Crippen LogP contribution < -0.4 is 0 Å². The number of benzene rings is 1. The van der Waals surface area contributed by atoms with E-state index in [1.165, 1.54) is 0 Å². The first-order valence-corrected chi connectivity index (χ1v) is 7.39. The van der Waals surface area contributed by atoms with Crippen molar-refractivity contribution in [1.29, 1.82) is 0 Å². The normalized spacial score (nSPS) is 32.0. The van der Waals surface area contributed by atoms with Gasteiger partial charge in [0.1, 0.15) is 18.8 Å². The number of methoxy groups -OCH3 is 1. The number of likely N-dealkylation sites (tertiary alicyclic amines) is 1. The molecule has 7 heteroatoms. The molecule has 0 spiro atoms. The molecule has 1 saturated heterocycles. The zero-order chi connectivity index (χ0) is 16.6. The van der Waals surface area contributed by atoms with Gasteiger partial charge >= 0.3 is 12.1 Å². The van der Waals surface area contributed by atoms with Crippen molar-refractivity contribution in [3.63, 3.8) is 0 Å². The zero-order valence-corrected chi connectivity index (χ0v) is 12.5. The number of nitrogens with zero attached hydrogens (tertiary/aromatic N) is 1. The molecule has 2 fully saturated rings. The van der Waals surface area contributed by atoms with Crippen molar-refractivity contribution < 1.29 is 27.8 Å². The summed E-state index contributed by atoms with van der Waals surface area (Å²) in [7, 11) is 1.15. The smallest absolute Gasteiger partial charge is 0.411 e. The summed E-state index contributed by atoms with van der Waals surface area (Å²) < 4.78 is 37.6. The third-order valence-corrected chi connectivity index (χ3v) is 4.52. The molecule has 0 N–H and O–H groups in total. The second-order valence-corrected chi connectivity index (χ2v) is 5.77. The summed E-state index contributed by atoms with van der Waals surface area (Å²) in [4.78, 5) is 25.2. The van der Waals surface area contributed by atoms with Gasteiger partial charge in [0.2, 0.25) is 0 Å². The minimum atomic E-state index is -1.80. The van der Waals surface area contributed by atoms with Crippen LogP contribution in [0.2, 0.25) is 0 Å². The molecule has 0 radical (unpaired) electrons. The molecule has 5 atom stereocenters. The van der Waals surface area contributed by atoms with Crippen molar-refractivity contribution in [2.45, 2.75) is 37.5 Å². The quantitative estimate of drug-likeness (QED) is 0.800. The van der Waals surface area contributed by atoms with E-state index < -0.39 is 42.4 Å². The van der Waals surface area contributed by atoms with Crippen molar-refractivity contribution in [2.24, 2.45) is 5.92 Å². The van der Waals surface area contributed by atoms with Crippen LogP contribution in [0.1, 0.15) is 12.0 Å². The largest absolute Gasteiger partial charge is 0.467 e. The molecule has 1 aliphatic carbocycles. The molecule has 124 valence electrons. The average molecular weight is 325 g/mol. The van der Waals surface area contributed by atoms with Crippen molar-refractivity contribution in [3.8, 4) is 0 Å². The van der Waals surface area contributed by atoms with E-state index in [4.69, 9.17) is 4.74 Å². The van der Waals surface area contributed by atoms with Crippen LogP contribution in [0.4, 0.5) is 13.6 Å². The Kier molecular flexibility index (Phi) is 4.19. The number of fused-ring (bicyclic) bond motifs is 2. The molecule has 0 unspecified atom stereocenters. The number of carbonyl (C=O) groups excluding carboxylic acids is 2. The van der Waals surface area contributed by atoms with E-state index in [0.29, 0.717) is 0 Å². The van der Waals surface area contributed by atoms with Gasteiger partial charge in [-0.05, 0) is 12.0 Å². The first-order chi connectivity index (χ1) is 11.0. The van der Waals surface area contributed by atoms with E-state index in [9.17, 15) is 18.4 Å². The Bertz CT molecular complexity index is 597. The van der Waals surface area contributed by atoms with E-state index in [2.05, 4.69) is 4.74 Å². The monoisotopic (exact) mass is 325 g/mol. The highest BCUT2D eigenvalue weighted by atomic mass is 19.2. The highest BCUT2D eigenvalue weighted by molar-refractivity contribution is 5.83. The molecule has 1 amide bonds. The van der Waals surface area contributed by atoms with Gasteiger partial charge in [-0.15, -0.1) is 0 Å². The predicted octanol–water partition coefficient (Wildman–Crippen LogP) is 2.25. The molecule has 2 aliphatic rings. The minimum absolute atomic E-state index is 0.00252. The van der Waals surface area contributed by atoms with Crippen LogP contribution in [-0.2, 0) is 20.9 Å². The maximum Gasteiger partial charge on any atom is 0.411 e. The molecular formula is C16H17F2NO4. The van der Waals surface area contributed by atoms with Crippen LogP contribution >= 0.6 is 0 Å². The van der Waals surface area contributed by atoms with Gasteiger partial charge in [-0.2, -0.15) is 0 Å². The number of hydrogen-bond acceptors (Lipinski definition) is 4. The Morgan fingerprint density at radius 2 is 1.91 bits per heavy atom. The summed E-state index contributed by atoms with van der Waals surface area (Å²) in [6.07, 6.45) is -4.29. The van der Waals surface area contributed by atoms with E-state index in [-0.39, 0.29) is 13.0 Å². The van der Waals surface area contributed by atoms with E-state index >= 15 is 0 Å². The van der Waals surface area contributed by atoms with Crippen LogP contribution in [0.3, 0.4) is 0 Å². The van der Waals surface area contributed by atoms with Crippen molar-refractivity contribution >= 4 is 12.1 Å². The second kappa shape index (κ2) is 6.14. The van der Waals surface area contributed by atoms with Gasteiger partial charge in [0, 0.05) is 5.92 Å². The van der Waals surface area contributed by atoms with Crippen molar-refractivity contribution in [1.82, 2.24) is 4.90 Å². The molecule has 1 aromatic rings. The summed E-state index contributed by atoms with van der Waals surface area (Å²) in [5.74, 6) is -1.63. The average Bonchev–Trinajstić information content (AvgIpc) is 3.10. The van der Waals surface area contributed by atoms with E-state index in [1.807, 2.05) is 6.07 Å². The fourth-order valence-corrected chi connectivity index (χ4v) is 3.42. The van der Waals surface area contributed by atoms with Crippen LogP contribution in [0, 0.1) is 5.92 Å². The summed E-state index contributed by atoms with van der Waals surface area (Å²) in [6.45, 7) is -0.00252. The first-order valence-electron chi connectivity index (χ1n) is 7.39. The molecule has 1 saturated carbocycles. The topological polar surface area (TPSA) is 55.8 Å². The summed E-state index contributed by atoms with van der Waals surface area (Å²) in [5.41, 5.74) is 0.764. The van der Waals surface area contributed by atoms with Crippen LogP contribution in [0.25, 0.3) is 0 Å². The van der Waals surface area contributed by atoms with E-state index in [0.717, 1.165) is 17.6 Å². The number of carbonyl (C=O) groups is 2. The Labute approximate surface area is 132 Å². The maximum absolute atomic E-state index is 14.0. The Balaban J connectivity index is 1.74. The maximum atomic E-state index is 14.0. The predicted molar refractivity (Wildman–Crippen MR) is 76.0 cm³/mol. The summed E-state index contributed by atoms with van der Waals surface area (Å²) in [6, 6.07) is 6.85. The summed E-state index contributed by atoms with van der Waals surface area (Å²) in [5, 5.41) is 0. The van der Waals surface area contributed by atoms with Crippen LogP contribution in [-0.4, -0.2) is 48.5 Å². The Morgan fingerprint density at radius 3 is 2.57 bits per heavy atom. The van der Waals surface area contributed by atoms with Gasteiger partial charge in [-0.3, -0.25) is 4.90 Å². The number of halogens is 2.